The zero-order chi connectivity index (χ0) is 11.5. The molecule has 0 radical (unpaired) electrons. The third-order valence-corrected chi connectivity index (χ3v) is 3.19. The Labute approximate surface area is 95.4 Å². The van der Waals surface area contributed by atoms with Crippen molar-refractivity contribution in [2.24, 2.45) is 5.92 Å². The molecule has 0 spiro atoms. The van der Waals surface area contributed by atoms with Crippen molar-refractivity contribution < 1.29 is 14.3 Å². The van der Waals surface area contributed by atoms with Crippen molar-refractivity contribution in [1.82, 2.24) is 0 Å². The van der Waals surface area contributed by atoms with Gasteiger partial charge in [-0.2, -0.15) is 0 Å². The maximum atomic E-state index is 11.5. The van der Waals surface area contributed by atoms with Crippen molar-refractivity contribution in [2.75, 3.05) is 14.2 Å². The maximum Gasteiger partial charge on any atom is 0.309 e. The lowest BCUT2D eigenvalue weighted by Gasteiger charge is -2.24. The molecular weight excluding hydrogens is 204 g/mol. The Bertz CT molecular complexity index is 398. The highest BCUT2D eigenvalue weighted by Crippen LogP contribution is 2.32. The van der Waals surface area contributed by atoms with Crippen LogP contribution in [0.15, 0.2) is 18.2 Å². The lowest BCUT2D eigenvalue weighted by Crippen LogP contribution is -2.23. The molecule has 1 aliphatic rings. The summed E-state index contributed by atoms with van der Waals surface area (Å²) in [5.74, 6) is 0.832. The van der Waals surface area contributed by atoms with Crippen LogP contribution in [0.5, 0.6) is 5.75 Å². The minimum Gasteiger partial charge on any atom is -0.496 e. The number of fused-ring (bicyclic) bond motifs is 1. The first-order valence-corrected chi connectivity index (χ1v) is 5.49. The van der Waals surface area contributed by atoms with Gasteiger partial charge >= 0.3 is 5.97 Å². The zero-order valence-corrected chi connectivity index (χ0v) is 9.66. The molecule has 1 atom stereocenters. The van der Waals surface area contributed by atoms with Gasteiger partial charge in [-0.05, 0) is 36.5 Å². The summed E-state index contributed by atoms with van der Waals surface area (Å²) in [5.41, 5.74) is 2.45. The maximum absolute atomic E-state index is 11.5. The number of ether oxygens (including phenoxy) is 2. The van der Waals surface area contributed by atoms with E-state index in [1.165, 1.54) is 18.2 Å². The Morgan fingerprint density at radius 2 is 2.19 bits per heavy atom. The Morgan fingerprint density at radius 1 is 1.38 bits per heavy atom. The summed E-state index contributed by atoms with van der Waals surface area (Å²) >= 11 is 0. The number of rotatable bonds is 2. The topological polar surface area (TPSA) is 35.5 Å². The van der Waals surface area contributed by atoms with Gasteiger partial charge in [0, 0.05) is 0 Å². The van der Waals surface area contributed by atoms with Crippen molar-refractivity contribution in [2.45, 2.75) is 19.3 Å². The second kappa shape index (κ2) is 4.56. The molecule has 86 valence electrons. The molecule has 1 unspecified atom stereocenters. The van der Waals surface area contributed by atoms with Gasteiger partial charge in [0.1, 0.15) is 5.75 Å². The quantitative estimate of drug-likeness (QED) is 0.715. The van der Waals surface area contributed by atoms with Gasteiger partial charge in [0.15, 0.2) is 0 Å². The van der Waals surface area contributed by atoms with E-state index in [1.54, 1.807) is 7.11 Å². The van der Waals surface area contributed by atoms with E-state index in [4.69, 9.17) is 9.47 Å². The van der Waals surface area contributed by atoms with Gasteiger partial charge in [-0.15, -0.1) is 0 Å². The van der Waals surface area contributed by atoms with E-state index in [0.29, 0.717) is 0 Å². The summed E-state index contributed by atoms with van der Waals surface area (Å²) in [5, 5.41) is 0. The third-order valence-electron chi connectivity index (χ3n) is 3.19. The number of hydrogen-bond donors (Lipinski definition) is 0. The van der Waals surface area contributed by atoms with Gasteiger partial charge < -0.3 is 9.47 Å². The number of methoxy groups -OCH3 is 2. The number of benzene rings is 1. The fraction of sp³-hybridized carbons (Fsp3) is 0.462. The van der Waals surface area contributed by atoms with Crippen LogP contribution in [0.2, 0.25) is 0 Å². The predicted octanol–water partition coefficient (Wildman–Crippen LogP) is 1.97. The Morgan fingerprint density at radius 3 is 2.88 bits per heavy atom. The molecule has 0 heterocycles. The number of esters is 1. The van der Waals surface area contributed by atoms with Crippen LogP contribution in [0, 0.1) is 5.92 Å². The smallest absolute Gasteiger partial charge is 0.309 e. The van der Waals surface area contributed by atoms with Crippen LogP contribution in [-0.4, -0.2) is 20.2 Å². The average Bonchev–Trinajstić information content (AvgIpc) is 2.36. The SMILES string of the molecule is COC(=O)C1CCc2c(cccc2OC)C1. The molecule has 16 heavy (non-hydrogen) atoms. The fourth-order valence-electron chi connectivity index (χ4n) is 2.33. The van der Waals surface area contributed by atoms with Crippen molar-refractivity contribution >= 4 is 5.97 Å². The second-order valence-corrected chi connectivity index (χ2v) is 4.06. The molecule has 3 heteroatoms. The summed E-state index contributed by atoms with van der Waals surface area (Å²) in [7, 11) is 3.13. The number of hydrogen-bond acceptors (Lipinski definition) is 3. The minimum absolute atomic E-state index is 0.00426. The summed E-state index contributed by atoms with van der Waals surface area (Å²) in [6, 6.07) is 6.00. The van der Waals surface area contributed by atoms with Crippen LogP contribution in [-0.2, 0) is 22.4 Å². The van der Waals surface area contributed by atoms with Gasteiger partial charge in [0.2, 0.25) is 0 Å². The zero-order valence-electron chi connectivity index (χ0n) is 9.66. The highest BCUT2D eigenvalue weighted by molar-refractivity contribution is 5.73. The highest BCUT2D eigenvalue weighted by Gasteiger charge is 2.26. The molecule has 2 rings (SSSR count). The summed E-state index contributed by atoms with van der Waals surface area (Å²) in [6.07, 6.45) is 2.50. The molecule has 0 aromatic heterocycles. The molecule has 1 aliphatic carbocycles. The minimum atomic E-state index is -0.103. The van der Waals surface area contributed by atoms with Crippen LogP contribution < -0.4 is 4.74 Å². The van der Waals surface area contributed by atoms with Crippen LogP contribution >= 0.6 is 0 Å². The van der Waals surface area contributed by atoms with Crippen molar-refractivity contribution in [1.29, 1.82) is 0 Å². The van der Waals surface area contributed by atoms with E-state index >= 15 is 0 Å². The monoisotopic (exact) mass is 220 g/mol. The largest absolute Gasteiger partial charge is 0.496 e. The molecule has 3 nitrogen and oxygen atoms in total. The van der Waals surface area contributed by atoms with E-state index in [1.807, 2.05) is 12.1 Å². The van der Waals surface area contributed by atoms with Crippen LogP contribution in [0.4, 0.5) is 0 Å². The first kappa shape index (κ1) is 11.0. The van der Waals surface area contributed by atoms with E-state index in [0.717, 1.165) is 25.0 Å². The first-order valence-electron chi connectivity index (χ1n) is 5.49. The van der Waals surface area contributed by atoms with E-state index in [9.17, 15) is 4.79 Å². The lowest BCUT2D eigenvalue weighted by atomic mass is 9.83. The summed E-state index contributed by atoms with van der Waals surface area (Å²) in [4.78, 5) is 11.5. The van der Waals surface area contributed by atoms with Gasteiger partial charge in [-0.3, -0.25) is 4.79 Å². The normalized spacial score (nSPS) is 18.8. The van der Waals surface area contributed by atoms with Crippen LogP contribution in [0.3, 0.4) is 0 Å². The van der Waals surface area contributed by atoms with E-state index in [-0.39, 0.29) is 11.9 Å². The van der Waals surface area contributed by atoms with Crippen molar-refractivity contribution in [3.05, 3.63) is 29.3 Å². The van der Waals surface area contributed by atoms with Crippen molar-refractivity contribution in [3.63, 3.8) is 0 Å². The molecular formula is C13H16O3. The Balaban J connectivity index is 2.25. The predicted molar refractivity (Wildman–Crippen MR) is 60.5 cm³/mol. The molecule has 0 aliphatic heterocycles. The molecule has 0 amide bonds. The number of carbonyl (C=O) groups excluding carboxylic acids is 1. The lowest BCUT2D eigenvalue weighted by molar-refractivity contribution is -0.145. The van der Waals surface area contributed by atoms with Crippen LogP contribution in [0.25, 0.3) is 0 Å². The molecule has 0 N–H and O–H groups in total. The van der Waals surface area contributed by atoms with E-state index < -0.39 is 0 Å². The van der Waals surface area contributed by atoms with Crippen LogP contribution in [0.1, 0.15) is 17.5 Å². The molecule has 0 bridgehead atoms. The Kier molecular flexibility index (Phi) is 3.13. The highest BCUT2D eigenvalue weighted by atomic mass is 16.5. The van der Waals surface area contributed by atoms with Gasteiger partial charge in [0.25, 0.3) is 0 Å². The standard InChI is InChI=1S/C13H16O3/c1-15-12-5-3-4-9-8-10(13(14)16-2)6-7-11(9)12/h3-5,10H,6-8H2,1-2H3. The number of carbonyl (C=O) groups is 1. The third kappa shape index (κ3) is 1.90. The molecule has 1 aromatic carbocycles. The molecule has 0 fully saturated rings. The van der Waals surface area contributed by atoms with Gasteiger partial charge in [0.05, 0.1) is 20.1 Å². The summed E-state index contributed by atoms with van der Waals surface area (Å²) < 4.78 is 10.1. The molecule has 1 aromatic rings. The van der Waals surface area contributed by atoms with Gasteiger partial charge in [-0.1, -0.05) is 12.1 Å². The van der Waals surface area contributed by atoms with Gasteiger partial charge in [-0.25, -0.2) is 0 Å². The second-order valence-electron chi connectivity index (χ2n) is 4.06. The fourth-order valence-corrected chi connectivity index (χ4v) is 2.33. The average molecular weight is 220 g/mol. The molecule has 0 saturated carbocycles. The van der Waals surface area contributed by atoms with Crippen molar-refractivity contribution in [3.8, 4) is 5.75 Å². The Hall–Kier alpha value is -1.51. The first-order chi connectivity index (χ1) is 7.76. The molecule has 0 saturated heterocycles. The van der Waals surface area contributed by atoms with E-state index in [2.05, 4.69) is 6.07 Å². The summed E-state index contributed by atoms with van der Waals surface area (Å²) in [6.45, 7) is 0.